The number of para-hydroxylation sites is 1. The molecular weight excluding hydrogens is 358 g/mol. The first kappa shape index (κ1) is 20.4. The van der Waals surface area contributed by atoms with Crippen LogP contribution in [-0.2, 0) is 4.79 Å². The van der Waals surface area contributed by atoms with Gasteiger partial charge in [0.05, 0.1) is 0 Å². The molecule has 0 spiro atoms. The summed E-state index contributed by atoms with van der Waals surface area (Å²) in [6.07, 6.45) is 6.45. The van der Waals surface area contributed by atoms with E-state index in [0.717, 1.165) is 55.3 Å². The number of nitrogens with one attached hydrogen (secondary N) is 3. The Labute approximate surface area is 167 Å². The molecule has 2 saturated heterocycles. The molecule has 0 aliphatic carbocycles. The average Bonchev–Trinajstić information content (AvgIpc) is 2.98. The van der Waals surface area contributed by atoms with Crippen LogP contribution in [-0.4, -0.2) is 36.9 Å². The minimum absolute atomic E-state index is 0.513. The number of halogens is 1. The molecular formula is C22H32ClN3O. The standard InChI is InChI=1S/C13H24N2O.C9H8ClN/c16-13(9-11-1-5-14-6-2-11)10-12-3-7-15-8-4-12;1-6-7-4-2-3-5-8(7)11-9(6)10/h11-12,14-15H,1-10H2;2-5,11H,1H3. The minimum atomic E-state index is 0.513. The SMILES string of the molecule is Cc1c(Cl)[nH]c2ccccc12.O=C(CC1CCNCC1)CC1CCNCC1. The lowest BCUT2D eigenvalue weighted by Crippen LogP contribution is -2.31. The van der Waals surface area contributed by atoms with E-state index in [9.17, 15) is 4.79 Å². The molecule has 4 nitrogen and oxygen atoms in total. The highest BCUT2D eigenvalue weighted by molar-refractivity contribution is 6.31. The zero-order valence-corrected chi connectivity index (χ0v) is 17.1. The predicted molar refractivity (Wildman–Crippen MR) is 113 cm³/mol. The van der Waals surface area contributed by atoms with Crippen molar-refractivity contribution in [1.82, 2.24) is 15.6 Å². The molecule has 0 radical (unpaired) electrons. The normalized spacial score (nSPS) is 18.9. The first-order valence-electron chi connectivity index (χ1n) is 10.3. The van der Waals surface area contributed by atoms with Crippen LogP contribution in [0.4, 0.5) is 0 Å². The van der Waals surface area contributed by atoms with Crippen LogP contribution < -0.4 is 10.6 Å². The molecule has 0 unspecified atom stereocenters. The van der Waals surface area contributed by atoms with Crippen LogP contribution in [0.2, 0.25) is 5.15 Å². The Morgan fingerprint density at radius 3 is 2.00 bits per heavy atom. The van der Waals surface area contributed by atoms with E-state index >= 15 is 0 Å². The number of aromatic nitrogens is 1. The first-order chi connectivity index (χ1) is 13.1. The topological polar surface area (TPSA) is 56.9 Å². The summed E-state index contributed by atoms with van der Waals surface area (Å²) in [5.41, 5.74) is 2.23. The lowest BCUT2D eigenvalue weighted by molar-refractivity contribution is -0.121. The van der Waals surface area contributed by atoms with E-state index in [4.69, 9.17) is 11.6 Å². The lowest BCUT2D eigenvalue weighted by atomic mass is 9.87. The summed E-state index contributed by atoms with van der Waals surface area (Å²) in [5, 5.41) is 8.65. The number of hydrogen-bond donors (Lipinski definition) is 3. The molecule has 2 aromatic rings. The molecule has 5 heteroatoms. The van der Waals surface area contributed by atoms with Crippen LogP contribution in [0.1, 0.15) is 44.1 Å². The maximum Gasteiger partial charge on any atom is 0.133 e. The smallest absolute Gasteiger partial charge is 0.133 e. The molecule has 3 N–H and O–H groups in total. The number of Topliss-reactive ketones (excluding diaryl/α,β-unsaturated/α-hetero) is 1. The Kier molecular flexibility index (Phi) is 7.74. The molecule has 2 aliphatic rings. The van der Waals surface area contributed by atoms with Crippen molar-refractivity contribution in [3.8, 4) is 0 Å². The number of H-pyrrole nitrogens is 1. The van der Waals surface area contributed by atoms with Gasteiger partial charge in [-0.15, -0.1) is 0 Å². The van der Waals surface area contributed by atoms with Crippen molar-refractivity contribution in [3.63, 3.8) is 0 Å². The molecule has 2 aliphatic heterocycles. The van der Waals surface area contributed by atoms with Gasteiger partial charge in [-0.05, 0) is 82.3 Å². The summed E-state index contributed by atoms with van der Waals surface area (Å²) in [6.45, 7) is 6.42. The van der Waals surface area contributed by atoms with Crippen molar-refractivity contribution in [2.45, 2.75) is 45.4 Å². The number of benzene rings is 1. The van der Waals surface area contributed by atoms with Crippen molar-refractivity contribution < 1.29 is 4.79 Å². The van der Waals surface area contributed by atoms with Gasteiger partial charge in [0, 0.05) is 23.7 Å². The number of hydrogen-bond acceptors (Lipinski definition) is 3. The lowest BCUT2D eigenvalue weighted by Gasteiger charge is -2.24. The number of carbonyl (C=O) groups is 1. The molecule has 4 rings (SSSR count). The van der Waals surface area contributed by atoms with E-state index in [-0.39, 0.29) is 0 Å². The summed E-state index contributed by atoms with van der Waals surface area (Å²) in [6, 6.07) is 8.09. The number of carbonyl (C=O) groups excluding carboxylic acids is 1. The van der Waals surface area contributed by atoms with Crippen molar-refractivity contribution in [2.24, 2.45) is 11.8 Å². The molecule has 2 fully saturated rings. The Hall–Kier alpha value is -1.36. The van der Waals surface area contributed by atoms with Gasteiger partial charge in [0.1, 0.15) is 10.9 Å². The molecule has 1 aromatic carbocycles. The third-order valence-electron chi connectivity index (χ3n) is 5.85. The molecule has 0 bridgehead atoms. The van der Waals surface area contributed by atoms with E-state index in [2.05, 4.69) is 21.7 Å². The van der Waals surface area contributed by atoms with Crippen LogP contribution in [0.3, 0.4) is 0 Å². The maximum atomic E-state index is 11.9. The van der Waals surface area contributed by atoms with E-state index in [1.807, 2.05) is 25.1 Å². The maximum absolute atomic E-state index is 11.9. The van der Waals surface area contributed by atoms with Crippen molar-refractivity contribution in [1.29, 1.82) is 0 Å². The van der Waals surface area contributed by atoms with Crippen LogP contribution in [0.5, 0.6) is 0 Å². The summed E-state index contributed by atoms with van der Waals surface area (Å²) < 4.78 is 0. The second-order valence-corrected chi connectivity index (χ2v) is 8.32. The number of piperidine rings is 2. The second kappa shape index (κ2) is 10.3. The summed E-state index contributed by atoms with van der Waals surface area (Å²) in [7, 11) is 0. The third kappa shape index (κ3) is 6.06. The zero-order valence-electron chi connectivity index (χ0n) is 16.3. The largest absolute Gasteiger partial charge is 0.345 e. The molecule has 3 heterocycles. The van der Waals surface area contributed by atoms with Gasteiger partial charge in [-0.25, -0.2) is 0 Å². The van der Waals surface area contributed by atoms with Gasteiger partial charge < -0.3 is 15.6 Å². The highest BCUT2D eigenvalue weighted by atomic mass is 35.5. The molecule has 148 valence electrons. The van der Waals surface area contributed by atoms with Gasteiger partial charge >= 0.3 is 0 Å². The Morgan fingerprint density at radius 1 is 0.963 bits per heavy atom. The Morgan fingerprint density at radius 2 is 1.48 bits per heavy atom. The number of aryl methyl sites for hydroxylation is 1. The van der Waals surface area contributed by atoms with Gasteiger partial charge in [-0.1, -0.05) is 29.8 Å². The number of rotatable bonds is 4. The number of aromatic amines is 1. The number of fused-ring (bicyclic) bond motifs is 1. The van der Waals surface area contributed by atoms with E-state index in [1.54, 1.807) is 0 Å². The van der Waals surface area contributed by atoms with Gasteiger partial charge in [-0.2, -0.15) is 0 Å². The van der Waals surface area contributed by atoms with Gasteiger partial charge in [0.2, 0.25) is 0 Å². The van der Waals surface area contributed by atoms with Crippen molar-refractivity contribution >= 4 is 28.3 Å². The van der Waals surface area contributed by atoms with Crippen LogP contribution in [0, 0.1) is 18.8 Å². The molecule has 27 heavy (non-hydrogen) atoms. The highest BCUT2D eigenvalue weighted by Gasteiger charge is 2.20. The van der Waals surface area contributed by atoms with E-state index < -0.39 is 0 Å². The quantitative estimate of drug-likeness (QED) is 0.723. The highest BCUT2D eigenvalue weighted by Crippen LogP contribution is 2.24. The fraction of sp³-hybridized carbons (Fsp3) is 0.591. The Bertz CT molecular complexity index is 708. The van der Waals surface area contributed by atoms with Crippen molar-refractivity contribution in [3.05, 3.63) is 35.0 Å². The van der Waals surface area contributed by atoms with Crippen LogP contribution in [0.25, 0.3) is 10.9 Å². The molecule has 0 amide bonds. The average molecular weight is 390 g/mol. The van der Waals surface area contributed by atoms with Gasteiger partial charge in [0.25, 0.3) is 0 Å². The second-order valence-electron chi connectivity index (χ2n) is 7.94. The summed E-state index contributed by atoms with van der Waals surface area (Å²) in [4.78, 5) is 15.0. The van der Waals surface area contributed by atoms with Gasteiger partial charge in [-0.3, -0.25) is 4.79 Å². The molecule has 0 atom stereocenters. The Balaban J connectivity index is 0.000000166. The number of ketones is 1. The van der Waals surface area contributed by atoms with Gasteiger partial charge in [0.15, 0.2) is 0 Å². The first-order valence-corrected chi connectivity index (χ1v) is 10.7. The third-order valence-corrected chi connectivity index (χ3v) is 6.23. The van der Waals surface area contributed by atoms with Crippen LogP contribution >= 0.6 is 11.6 Å². The predicted octanol–water partition coefficient (Wildman–Crippen LogP) is 4.46. The summed E-state index contributed by atoms with van der Waals surface area (Å²) in [5.74, 6) is 1.84. The van der Waals surface area contributed by atoms with Crippen LogP contribution in [0.15, 0.2) is 24.3 Å². The van der Waals surface area contributed by atoms with E-state index in [1.165, 1.54) is 31.1 Å². The molecule has 0 saturated carbocycles. The zero-order chi connectivity index (χ0) is 19.1. The monoisotopic (exact) mass is 389 g/mol. The fourth-order valence-corrected chi connectivity index (χ4v) is 4.35. The fourth-order valence-electron chi connectivity index (χ4n) is 4.15. The van der Waals surface area contributed by atoms with Crippen molar-refractivity contribution in [2.75, 3.05) is 26.2 Å². The molecule has 1 aromatic heterocycles. The minimum Gasteiger partial charge on any atom is -0.345 e. The summed E-state index contributed by atoms with van der Waals surface area (Å²) >= 11 is 5.90. The van der Waals surface area contributed by atoms with E-state index in [0.29, 0.717) is 17.6 Å².